The maximum atomic E-state index is 13.5. The van der Waals surface area contributed by atoms with E-state index in [0.717, 1.165) is 0 Å². The first-order valence-electron chi connectivity index (χ1n) is 12.6. The highest BCUT2D eigenvalue weighted by Gasteiger charge is 2.34. The monoisotopic (exact) mass is 825 g/mol. The predicted octanol–water partition coefficient (Wildman–Crippen LogP) is 3.74. The van der Waals surface area contributed by atoms with Crippen LogP contribution < -0.4 is 20.7 Å². The number of carboxylic acid groups (broad SMARTS) is 1. The quantitative estimate of drug-likeness (QED) is 0.251. The average molecular weight is 827 g/mol. The number of carboxylic acids is 1. The normalized spacial score (nSPS) is 20.4. The van der Waals surface area contributed by atoms with Crippen LogP contribution in [0.1, 0.15) is 38.8 Å². The highest BCUT2D eigenvalue weighted by molar-refractivity contribution is 14.1. The van der Waals surface area contributed by atoms with Gasteiger partial charge in [0.2, 0.25) is 11.8 Å². The van der Waals surface area contributed by atoms with Gasteiger partial charge in [-0.05, 0) is 118 Å². The lowest BCUT2D eigenvalue weighted by Crippen LogP contribution is -2.59. The average Bonchev–Trinajstić information content (AvgIpc) is 2.84. The third-order valence-electron chi connectivity index (χ3n) is 5.92. The van der Waals surface area contributed by atoms with Crippen molar-refractivity contribution in [2.45, 2.75) is 70.4 Å². The highest BCUT2D eigenvalue weighted by Crippen LogP contribution is 2.42. The molecule has 3 amide bonds. The van der Waals surface area contributed by atoms with Crippen molar-refractivity contribution in [1.29, 1.82) is 0 Å². The molecule has 4 atom stereocenters. The number of carbonyl (C=O) groups is 4. The van der Waals surface area contributed by atoms with Gasteiger partial charge in [0, 0.05) is 12.8 Å². The third kappa shape index (κ3) is 8.94. The molecule has 2 aromatic carbocycles. The van der Waals surface area contributed by atoms with Crippen LogP contribution in [0, 0.1) is 3.57 Å². The van der Waals surface area contributed by atoms with E-state index in [0.29, 0.717) is 23.6 Å². The summed E-state index contributed by atoms with van der Waals surface area (Å²) in [6.07, 6.45) is -2.62. The minimum atomic E-state index is -1.56. The van der Waals surface area contributed by atoms with E-state index < -0.39 is 53.7 Å². The van der Waals surface area contributed by atoms with Crippen LogP contribution in [-0.2, 0) is 32.0 Å². The number of hydrogen-bond donors (Lipinski definition) is 6. The standard InChI is InChI=1S/C27H30Br2IN3O9/c1-11(34)20-24(37)31-18(25(38)39)9-12-5-14(28)22(15(29)6-12)41-19-10-13(7-16(30)21(19)35)8-17(23(36)33-20)32-26(40)42-27(2,3)4/h5-7,10-11,17-18,20,34-35H,8-9H2,1-4H3,(H,31,37)(H,32,40)(H,33,36)(H,38,39)/t11?,17-,18-,20-/m0/s1. The SMILES string of the molecule is CC(O)[C@@H]1NC(=O)[C@@H](NC(=O)OC(C)(C)C)Cc2cc(I)c(O)c(c2)Oc2c(Br)cc(cc2Br)C[C@@H](C(=O)O)NC1=O. The van der Waals surface area contributed by atoms with E-state index in [-0.39, 0.29) is 30.1 Å². The van der Waals surface area contributed by atoms with Crippen molar-refractivity contribution < 1.29 is 44.0 Å². The molecule has 2 aromatic rings. The molecule has 2 aliphatic heterocycles. The van der Waals surface area contributed by atoms with E-state index in [2.05, 4.69) is 47.8 Å². The highest BCUT2D eigenvalue weighted by atomic mass is 127. The van der Waals surface area contributed by atoms with Crippen molar-refractivity contribution in [2.75, 3.05) is 0 Å². The summed E-state index contributed by atoms with van der Waals surface area (Å²) < 4.78 is 12.6. The first kappa shape index (κ1) is 33.9. The number of aliphatic hydroxyl groups excluding tert-OH is 1. The molecule has 6 N–H and O–H groups in total. The number of carbonyl (C=O) groups excluding carboxylic acids is 3. The second-order valence-electron chi connectivity index (χ2n) is 10.6. The molecule has 15 heteroatoms. The molecule has 0 fully saturated rings. The summed E-state index contributed by atoms with van der Waals surface area (Å²) >= 11 is 8.75. The Kier molecular flexibility index (Phi) is 11.1. The third-order valence-corrected chi connectivity index (χ3v) is 7.92. The van der Waals surface area contributed by atoms with E-state index in [1.54, 1.807) is 39.0 Å². The van der Waals surface area contributed by atoms with Crippen LogP contribution in [0.5, 0.6) is 17.2 Å². The Labute approximate surface area is 272 Å². The molecule has 0 saturated heterocycles. The van der Waals surface area contributed by atoms with Crippen LogP contribution in [0.3, 0.4) is 0 Å². The van der Waals surface area contributed by atoms with Crippen molar-refractivity contribution in [2.24, 2.45) is 0 Å². The van der Waals surface area contributed by atoms with Crippen LogP contribution >= 0.6 is 54.5 Å². The Morgan fingerprint density at radius 3 is 2.21 bits per heavy atom. The second kappa shape index (κ2) is 13.8. The lowest BCUT2D eigenvalue weighted by molar-refractivity contribution is -0.143. The molecular weight excluding hydrogens is 797 g/mol. The number of alkyl carbamates (subject to hydrolysis) is 1. The van der Waals surface area contributed by atoms with Gasteiger partial charge in [0.1, 0.15) is 23.7 Å². The van der Waals surface area contributed by atoms with E-state index in [4.69, 9.17) is 9.47 Å². The number of aliphatic carboxylic acids is 1. The summed E-state index contributed by atoms with van der Waals surface area (Å²) in [5.74, 6) is -2.97. The lowest BCUT2D eigenvalue weighted by Gasteiger charge is -2.27. The van der Waals surface area contributed by atoms with Crippen LogP contribution in [0.2, 0.25) is 0 Å². The molecule has 0 aromatic heterocycles. The Morgan fingerprint density at radius 1 is 1.07 bits per heavy atom. The van der Waals surface area contributed by atoms with Crippen molar-refractivity contribution in [3.8, 4) is 17.2 Å². The van der Waals surface area contributed by atoms with Gasteiger partial charge in [-0.25, -0.2) is 9.59 Å². The number of rotatable bonds is 3. The summed E-state index contributed by atoms with van der Waals surface area (Å²) in [7, 11) is 0. The molecule has 4 rings (SSSR count). The molecule has 2 heterocycles. The Bertz CT molecular complexity index is 1370. The minimum Gasteiger partial charge on any atom is -0.504 e. The van der Waals surface area contributed by atoms with Gasteiger partial charge in [0.25, 0.3) is 0 Å². The van der Waals surface area contributed by atoms with Gasteiger partial charge in [-0.3, -0.25) is 9.59 Å². The second-order valence-corrected chi connectivity index (χ2v) is 13.5. The summed E-state index contributed by atoms with van der Waals surface area (Å²) in [6.45, 7) is 6.21. The van der Waals surface area contributed by atoms with E-state index >= 15 is 0 Å². The Morgan fingerprint density at radius 2 is 1.67 bits per heavy atom. The summed E-state index contributed by atoms with van der Waals surface area (Å²) in [5, 5.41) is 38.2. The topological polar surface area (TPSA) is 184 Å². The van der Waals surface area contributed by atoms with Crippen LogP contribution in [0.15, 0.2) is 33.2 Å². The van der Waals surface area contributed by atoms with Gasteiger partial charge in [-0.1, -0.05) is 0 Å². The molecule has 4 bridgehead atoms. The zero-order valence-electron chi connectivity index (χ0n) is 23.0. The maximum Gasteiger partial charge on any atom is 0.408 e. The number of nitrogens with one attached hydrogen (secondary N) is 3. The molecule has 0 radical (unpaired) electrons. The van der Waals surface area contributed by atoms with Gasteiger partial charge >= 0.3 is 12.1 Å². The fraction of sp³-hybridized carbons (Fsp3) is 0.407. The number of halogens is 3. The van der Waals surface area contributed by atoms with Gasteiger partial charge < -0.3 is 40.7 Å². The molecule has 0 spiro atoms. The van der Waals surface area contributed by atoms with Crippen LogP contribution in [0.25, 0.3) is 0 Å². The lowest BCUT2D eigenvalue weighted by atomic mass is 10.0. The fourth-order valence-corrected chi connectivity index (χ4v) is 6.12. The zero-order chi connectivity index (χ0) is 31.5. The number of aliphatic hydroxyl groups is 1. The molecule has 0 aliphatic carbocycles. The molecule has 2 aliphatic rings. The van der Waals surface area contributed by atoms with E-state index in [1.807, 2.05) is 22.6 Å². The molecular formula is C27H30Br2IN3O9. The summed E-state index contributed by atoms with van der Waals surface area (Å²) in [5.41, 5.74) is 0.0987. The van der Waals surface area contributed by atoms with Gasteiger partial charge in [0.05, 0.1) is 18.6 Å². The first-order chi connectivity index (χ1) is 19.4. The Hall–Kier alpha value is -2.63. The van der Waals surface area contributed by atoms with Crippen molar-refractivity contribution >= 4 is 78.3 Å². The summed E-state index contributed by atoms with van der Waals surface area (Å²) in [6, 6.07) is 2.02. The van der Waals surface area contributed by atoms with Crippen LogP contribution in [-0.4, -0.2) is 69.0 Å². The number of aromatic hydroxyl groups is 1. The van der Waals surface area contributed by atoms with E-state index in [1.165, 1.54) is 13.0 Å². The van der Waals surface area contributed by atoms with E-state index in [9.17, 15) is 34.5 Å². The predicted molar refractivity (Wildman–Crippen MR) is 166 cm³/mol. The molecule has 12 nitrogen and oxygen atoms in total. The molecule has 0 saturated carbocycles. The number of benzene rings is 2. The van der Waals surface area contributed by atoms with Crippen molar-refractivity contribution in [1.82, 2.24) is 16.0 Å². The molecule has 42 heavy (non-hydrogen) atoms. The smallest absolute Gasteiger partial charge is 0.408 e. The first-order valence-corrected chi connectivity index (χ1v) is 15.3. The fourth-order valence-electron chi connectivity index (χ4n) is 4.01. The van der Waals surface area contributed by atoms with Crippen molar-refractivity contribution in [3.05, 3.63) is 47.9 Å². The largest absolute Gasteiger partial charge is 0.504 e. The van der Waals surface area contributed by atoms with Crippen LogP contribution in [0.4, 0.5) is 4.79 Å². The van der Waals surface area contributed by atoms with Gasteiger partial charge in [-0.2, -0.15) is 0 Å². The number of phenolic OH excluding ortho intramolecular Hbond substituents is 1. The van der Waals surface area contributed by atoms with Gasteiger partial charge in [0.15, 0.2) is 17.2 Å². The molecule has 228 valence electrons. The zero-order valence-corrected chi connectivity index (χ0v) is 28.3. The Balaban J connectivity index is 2.16. The maximum absolute atomic E-state index is 13.5. The van der Waals surface area contributed by atoms with Crippen molar-refractivity contribution in [3.63, 3.8) is 0 Å². The number of hydrogen-bond acceptors (Lipinski definition) is 8. The number of fused-ring (bicyclic) bond motifs is 10. The minimum absolute atomic E-state index is 0.0499. The van der Waals surface area contributed by atoms with Gasteiger partial charge in [-0.15, -0.1) is 0 Å². The molecule has 1 unspecified atom stereocenters. The number of ether oxygens (including phenoxy) is 2. The number of amides is 3. The number of phenols is 1. The summed E-state index contributed by atoms with van der Waals surface area (Å²) in [4.78, 5) is 51.4.